The zero-order valence-corrected chi connectivity index (χ0v) is 14.9. The molecule has 2 aromatic heterocycles. The lowest BCUT2D eigenvalue weighted by molar-refractivity contribution is -0.119. The van der Waals surface area contributed by atoms with E-state index in [1.54, 1.807) is 12.4 Å². The Hall–Kier alpha value is -2.67. The van der Waals surface area contributed by atoms with E-state index in [-0.39, 0.29) is 17.7 Å². The summed E-state index contributed by atoms with van der Waals surface area (Å²) in [5.41, 5.74) is 1.98. The van der Waals surface area contributed by atoms with Crippen LogP contribution in [-0.2, 0) is 11.8 Å². The number of rotatable bonds is 6. The Morgan fingerprint density at radius 1 is 1.20 bits per heavy atom. The second kappa shape index (κ2) is 7.94. The van der Waals surface area contributed by atoms with Crippen molar-refractivity contribution in [2.75, 3.05) is 5.75 Å². The first-order valence-electron chi connectivity index (χ1n) is 7.92. The number of nitrogens with one attached hydrogen (secondary N) is 1. The van der Waals surface area contributed by atoms with Crippen molar-refractivity contribution in [2.24, 2.45) is 7.05 Å². The summed E-state index contributed by atoms with van der Waals surface area (Å²) in [7, 11) is 1.88. The number of hydrogen-bond donors (Lipinski definition) is 1. The highest BCUT2D eigenvalue weighted by molar-refractivity contribution is 7.99. The first-order valence-corrected chi connectivity index (χ1v) is 8.90. The van der Waals surface area contributed by atoms with Crippen molar-refractivity contribution in [2.45, 2.75) is 18.1 Å². The minimum atomic E-state index is -0.0349. The molecule has 1 aromatic carbocycles. The van der Waals surface area contributed by atoms with Crippen LogP contribution in [0.25, 0.3) is 11.4 Å². The lowest BCUT2D eigenvalue weighted by Crippen LogP contribution is -2.28. The Kier molecular flexibility index (Phi) is 5.45. The summed E-state index contributed by atoms with van der Waals surface area (Å²) >= 11 is 1.36. The van der Waals surface area contributed by atoms with Gasteiger partial charge in [-0.1, -0.05) is 42.1 Å². The van der Waals surface area contributed by atoms with E-state index in [2.05, 4.69) is 20.5 Å². The summed E-state index contributed by atoms with van der Waals surface area (Å²) < 4.78 is 1.87. The van der Waals surface area contributed by atoms with Crippen molar-refractivity contribution in [3.63, 3.8) is 0 Å². The van der Waals surface area contributed by atoms with Gasteiger partial charge in [0, 0.05) is 25.0 Å². The zero-order chi connectivity index (χ0) is 17.6. The molecule has 1 amide bonds. The van der Waals surface area contributed by atoms with Gasteiger partial charge in [-0.15, -0.1) is 10.2 Å². The van der Waals surface area contributed by atoms with Crippen LogP contribution >= 0.6 is 11.8 Å². The molecule has 0 aliphatic rings. The zero-order valence-electron chi connectivity index (χ0n) is 14.1. The molecule has 25 heavy (non-hydrogen) atoms. The molecule has 0 saturated heterocycles. The topological polar surface area (TPSA) is 72.7 Å². The van der Waals surface area contributed by atoms with Gasteiger partial charge < -0.3 is 9.88 Å². The number of aromatic nitrogens is 4. The standard InChI is InChI=1S/C18H19N5OS/c1-13(14-7-4-3-5-8-14)20-16(24)12-25-18-22-21-17(23(18)2)15-9-6-10-19-11-15/h3-11,13H,12H2,1-2H3,(H,20,24)/t13-/m0/s1. The molecule has 0 fully saturated rings. The minimum absolute atomic E-state index is 0.0280. The molecule has 6 nitrogen and oxygen atoms in total. The average molecular weight is 353 g/mol. The molecule has 0 bridgehead atoms. The lowest BCUT2D eigenvalue weighted by atomic mass is 10.1. The third-order valence-corrected chi connectivity index (χ3v) is 4.78. The molecular weight excluding hydrogens is 334 g/mol. The van der Waals surface area contributed by atoms with E-state index >= 15 is 0 Å². The van der Waals surface area contributed by atoms with Crippen molar-refractivity contribution in [1.29, 1.82) is 0 Å². The summed E-state index contributed by atoms with van der Waals surface area (Å²) in [4.78, 5) is 16.3. The summed E-state index contributed by atoms with van der Waals surface area (Å²) in [6, 6.07) is 13.6. The van der Waals surface area contributed by atoms with Crippen LogP contribution < -0.4 is 5.32 Å². The van der Waals surface area contributed by atoms with Crippen molar-refractivity contribution in [1.82, 2.24) is 25.1 Å². The first kappa shape index (κ1) is 17.2. The van der Waals surface area contributed by atoms with E-state index < -0.39 is 0 Å². The van der Waals surface area contributed by atoms with Crippen LogP contribution in [0.2, 0.25) is 0 Å². The Bertz CT molecular complexity index is 835. The van der Waals surface area contributed by atoms with Crippen LogP contribution in [0.3, 0.4) is 0 Å². The fourth-order valence-electron chi connectivity index (χ4n) is 2.43. The maximum Gasteiger partial charge on any atom is 0.230 e. The first-order chi connectivity index (χ1) is 12.1. The van der Waals surface area contributed by atoms with Crippen LogP contribution in [0, 0.1) is 0 Å². The summed E-state index contributed by atoms with van der Waals surface area (Å²) in [6.07, 6.45) is 3.46. The van der Waals surface area contributed by atoms with Gasteiger partial charge in [-0.05, 0) is 24.6 Å². The average Bonchev–Trinajstić information content (AvgIpc) is 3.02. The smallest absolute Gasteiger partial charge is 0.230 e. The van der Waals surface area contributed by atoms with E-state index in [1.165, 1.54) is 11.8 Å². The highest BCUT2D eigenvalue weighted by Gasteiger charge is 2.14. The van der Waals surface area contributed by atoms with Crippen LogP contribution in [0.15, 0.2) is 60.0 Å². The number of pyridine rings is 1. The molecule has 0 aliphatic heterocycles. The Morgan fingerprint density at radius 2 is 2.00 bits per heavy atom. The van der Waals surface area contributed by atoms with Gasteiger partial charge in [0.15, 0.2) is 11.0 Å². The Morgan fingerprint density at radius 3 is 2.72 bits per heavy atom. The fourth-order valence-corrected chi connectivity index (χ4v) is 3.15. The van der Waals surface area contributed by atoms with E-state index in [9.17, 15) is 4.79 Å². The van der Waals surface area contributed by atoms with Gasteiger partial charge in [-0.25, -0.2) is 0 Å². The number of amides is 1. The van der Waals surface area contributed by atoms with Crippen molar-refractivity contribution < 1.29 is 4.79 Å². The minimum Gasteiger partial charge on any atom is -0.349 e. The number of thioether (sulfide) groups is 1. The lowest BCUT2D eigenvalue weighted by Gasteiger charge is -2.13. The molecule has 0 unspecified atom stereocenters. The van der Waals surface area contributed by atoms with Crippen LogP contribution in [0.5, 0.6) is 0 Å². The van der Waals surface area contributed by atoms with Crippen molar-refractivity contribution >= 4 is 17.7 Å². The number of carbonyl (C=O) groups excluding carboxylic acids is 1. The SMILES string of the molecule is C[C@H](NC(=O)CSc1nnc(-c2cccnc2)n1C)c1ccccc1. The van der Waals surface area contributed by atoms with E-state index in [1.807, 2.05) is 61.0 Å². The highest BCUT2D eigenvalue weighted by Crippen LogP contribution is 2.22. The van der Waals surface area contributed by atoms with Gasteiger partial charge in [0.2, 0.25) is 5.91 Å². The molecule has 0 saturated carbocycles. The van der Waals surface area contributed by atoms with Gasteiger partial charge in [0.25, 0.3) is 0 Å². The highest BCUT2D eigenvalue weighted by atomic mass is 32.2. The van der Waals surface area contributed by atoms with Gasteiger partial charge in [-0.2, -0.15) is 0 Å². The van der Waals surface area contributed by atoms with Crippen LogP contribution in [0.4, 0.5) is 0 Å². The molecule has 3 rings (SSSR count). The molecule has 7 heteroatoms. The summed E-state index contributed by atoms with van der Waals surface area (Å²) in [5, 5.41) is 12.1. The molecule has 1 N–H and O–H groups in total. The summed E-state index contributed by atoms with van der Waals surface area (Å²) in [5.74, 6) is 0.983. The molecule has 128 valence electrons. The maximum absolute atomic E-state index is 12.2. The van der Waals surface area contributed by atoms with E-state index in [4.69, 9.17) is 0 Å². The fraction of sp³-hybridized carbons (Fsp3) is 0.222. The van der Waals surface area contributed by atoms with Crippen molar-refractivity contribution in [3.05, 3.63) is 60.4 Å². The van der Waals surface area contributed by atoms with Crippen LogP contribution in [0.1, 0.15) is 18.5 Å². The second-order valence-electron chi connectivity index (χ2n) is 5.60. The summed E-state index contributed by atoms with van der Waals surface area (Å²) in [6.45, 7) is 1.97. The molecule has 2 heterocycles. The van der Waals surface area contributed by atoms with Gasteiger partial charge in [-0.3, -0.25) is 9.78 Å². The molecule has 0 spiro atoms. The number of benzene rings is 1. The molecule has 0 aliphatic carbocycles. The van der Waals surface area contributed by atoms with Gasteiger partial charge in [0.05, 0.1) is 11.8 Å². The molecule has 3 aromatic rings. The van der Waals surface area contributed by atoms with Gasteiger partial charge >= 0.3 is 0 Å². The monoisotopic (exact) mass is 353 g/mol. The number of carbonyl (C=O) groups is 1. The second-order valence-corrected chi connectivity index (χ2v) is 6.54. The molecule has 1 atom stereocenters. The Balaban J connectivity index is 1.59. The van der Waals surface area contributed by atoms with Crippen LogP contribution in [-0.4, -0.2) is 31.4 Å². The number of nitrogens with zero attached hydrogens (tertiary/aromatic N) is 4. The largest absolute Gasteiger partial charge is 0.349 e. The maximum atomic E-state index is 12.2. The molecular formula is C18H19N5OS. The third-order valence-electron chi connectivity index (χ3n) is 3.76. The third kappa shape index (κ3) is 4.24. The Labute approximate surface area is 150 Å². The van der Waals surface area contributed by atoms with Gasteiger partial charge in [0.1, 0.15) is 0 Å². The van der Waals surface area contributed by atoms with E-state index in [0.29, 0.717) is 5.16 Å². The predicted molar refractivity (Wildman–Crippen MR) is 98.0 cm³/mol. The normalized spacial score (nSPS) is 11.9. The van der Waals surface area contributed by atoms with Crippen molar-refractivity contribution in [3.8, 4) is 11.4 Å². The predicted octanol–water partition coefficient (Wildman–Crippen LogP) is 2.85. The van der Waals surface area contributed by atoms with E-state index in [0.717, 1.165) is 17.0 Å². The quantitative estimate of drug-likeness (QED) is 0.690. The molecule has 0 radical (unpaired) electrons. The number of hydrogen-bond acceptors (Lipinski definition) is 5.